The van der Waals surface area contributed by atoms with Crippen LogP contribution >= 0.6 is 0 Å². The first-order valence-electron chi connectivity index (χ1n) is 13.2. The molecule has 0 saturated heterocycles. The summed E-state index contributed by atoms with van der Waals surface area (Å²) in [6, 6.07) is 0. The van der Waals surface area contributed by atoms with Crippen molar-refractivity contribution in [3.05, 3.63) is 46.6 Å². The quantitative estimate of drug-likeness (QED) is 0.120. The second-order valence-corrected chi connectivity index (χ2v) is 11.1. The van der Waals surface area contributed by atoms with Gasteiger partial charge in [0, 0.05) is 0 Å². The Morgan fingerprint density at radius 3 is 1.31 bits per heavy atom. The van der Waals surface area contributed by atoms with E-state index < -0.39 is 30.0 Å². The van der Waals surface area contributed by atoms with Crippen LogP contribution in [0.4, 0.5) is 0 Å². The van der Waals surface area contributed by atoms with E-state index in [9.17, 15) is 20.4 Å². The minimum absolute atomic E-state index is 0.441. The third-order valence-corrected chi connectivity index (χ3v) is 6.69. The van der Waals surface area contributed by atoms with Gasteiger partial charge in [-0.05, 0) is 113 Å². The lowest BCUT2D eigenvalue weighted by molar-refractivity contribution is -0.0942. The van der Waals surface area contributed by atoms with Crippen LogP contribution in [0.3, 0.4) is 0 Å². The van der Waals surface area contributed by atoms with Gasteiger partial charge < -0.3 is 25.5 Å². The minimum Gasteiger partial charge on any atom is -0.393 e. The first-order chi connectivity index (χ1) is 16.2. The third-order valence-electron chi connectivity index (χ3n) is 6.69. The highest BCUT2D eigenvalue weighted by Crippen LogP contribution is 2.19. The van der Waals surface area contributed by atoms with Gasteiger partial charge in [0.25, 0.3) is 0 Å². The predicted molar refractivity (Wildman–Crippen MR) is 147 cm³/mol. The van der Waals surface area contributed by atoms with E-state index in [-0.39, 0.29) is 0 Å². The van der Waals surface area contributed by atoms with Gasteiger partial charge in [0.15, 0.2) is 0 Å². The average molecular weight is 495 g/mol. The second kappa shape index (κ2) is 17.3. The molecule has 5 nitrogen and oxygen atoms in total. The van der Waals surface area contributed by atoms with Crippen molar-refractivity contribution in [1.82, 2.24) is 0 Å². The molecule has 0 heterocycles. The number of allylic oxidation sites excluding steroid dienone is 8. The van der Waals surface area contributed by atoms with E-state index in [2.05, 4.69) is 45.1 Å². The Morgan fingerprint density at radius 1 is 0.600 bits per heavy atom. The largest absolute Gasteiger partial charge is 0.393 e. The van der Waals surface area contributed by atoms with Gasteiger partial charge >= 0.3 is 0 Å². The normalized spacial score (nSPS) is 17.9. The molecular weight excluding hydrogens is 440 g/mol. The summed E-state index contributed by atoms with van der Waals surface area (Å²) in [6.07, 6.45) is 16.1. The molecule has 0 fully saturated rings. The van der Waals surface area contributed by atoms with Gasteiger partial charge in [0.1, 0.15) is 5.60 Å². The Hall–Kier alpha value is -1.24. The standard InChI is InChI=1S/C30H54O5/c1-23(14-10-16-25(3)18-20-27(32)29(5,6)34)12-8-9-13-24(2)15-11-17-26(4)19-21-28(33)30(7,35)22-31/h12-13,16-17,27-28,31-35H,8-11,14-15,18-22H2,1-7H3. The molecule has 0 aliphatic carbocycles. The fourth-order valence-corrected chi connectivity index (χ4v) is 3.66. The summed E-state index contributed by atoms with van der Waals surface area (Å²) in [5, 5.41) is 48.7. The van der Waals surface area contributed by atoms with Gasteiger partial charge in [-0.2, -0.15) is 0 Å². The molecule has 35 heavy (non-hydrogen) atoms. The van der Waals surface area contributed by atoms with E-state index in [4.69, 9.17) is 5.11 Å². The van der Waals surface area contributed by atoms with Crippen LogP contribution < -0.4 is 0 Å². The fraction of sp³-hybridized carbons (Fsp3) is 0.733. The Kier molecular flexibility index (Phi) is 16.6. The third kappa shape index (κ3) is 17.0. The Balaban J connectivity index is 4.19. The molecule has 0 aromatic rings. The molecule has 0 amide bonds. The average Bonchev–Trinajstić information content (AvgIpc) is 2.77. The molecule has 0 spiro atoms. The van der Waals surface area contributed by atoms with E-state index in [1.807, 2.05) is 6.92 Å². The van der Waals surface area contributed by atoms with E-state index >= 15 is 0 Å². The number of rotatable bonds is 18. The minimum atomic E-state index is -1.44. The van der Waals surface area contributed by atoms with E-state index in [1.54, 1.807) is 13.8 Å². The number of hydrogen-bond donors (Lipinski definition) is 5. The molecule has 0 aromatic carbocycles. The highest BCUT2D eigenvalue weighted by molar-refractivity contribution is 5.07. The highest BCUT2D eigenvalue weighted by atomic mass is 16.4. The topological polar surface area (TPSA) is 101 Å². The van der Waals surface area contributed by atoms with E-state index in [0.717, 1.165) is 44.9 Å². The molecule has 0 aliphatic heterocycles. The van der Waals surface area contributed by atoms with Crippen LogP contribution in [0.2, 0.25) is 0 Å². The SMILES string of the molecule is CC(=CCCC=C(C)CCC=C(C)CCC(O)C(C)(O)CO)CCC=C(C)CCC(O)C(C)(C)O. The molecule has 0 rings (SSSR count). The summed E-state index contributed by atoms with van der Waals surface area (Å²) >= 11 is 0. The van der Waals surface area contributed by atoms with Gasteiger partial charge in [0.2, 0.25) is 0 Å². The molecule has 0 radical (unpaired) electrons. The lowest BCUT2D eigenvalue weighted by Gasteiger charge is -2.26. The van der Waals surface area contributed by atoms with Crippen LogP contribution in [0.5, 0.6) is 0 Å². The van der Waals surface area contributed by atoms with Gasteiger partial charge in [-0.3, -0.25) is 0 Å². The van der Waals surface area contributed by atoms with Crippen molar-refractivity contribution < 1.29 is 25.5 Å². The highest BCUT2D eigenvalue weighted by Gasteiger charge is 2.28. The van der Waals surface area contributed by atoms with Crippen molar-refractivity contribution in [3.8, 4) is 0 Å². The van der Waals surface area contributed by atoms with Crippen LogP contribution in [0.15, 0.2) is 46.6 Å². The number of unbranched alkanes of at least 4 members (excludes halogenated alkanes) is 1. The zero-order valence-electron chi connectivity index (χ0n) is 23.5. The summed E-state index contributed by atoms with van der Waals surface area (Å²) in [7, 11) is 0. The number of hydrogen-bond acceptors (Lipinski definition) is 5. The molecular formula is C30H54O5. The van der Waals surface area contributed by atoms with E-state index in [1.165, 1.54) is 29.2 Å². The first-order valence-corrected chi connectivity index (χ1v) is 13.2. The Bertz CT molecular complexity index is 707. The molecule has 5 N–H and O–H groups in total. The van der Waals surface area contributed by atoms with Crippen molar-refractivity contribution in [2.24, 2.45) is 0 Å². The molecule has 0 aromatic heterocycles. The van der Waals surface area contributed by atoms with Crippen molar-refractivity contribution in [2.45, 2.75) is 136 Å². The molecule has 3 unspecified atom stereocenters. The van der Waals surface area contributed by atoms with Crippen molar-refractivity contribution in [3.63, 3.8) is 0 Å². The monoisotopic (exact) mass is 494 g/mol. The Morgan fingerprint density at radius 2 is 0.943 bits per heavy atom. The number of aliphatic hydroxyl groups is 5. The van der Waals surface area contributed by atoms with Crippen molar-refractivity contribution in [1.29, 1.82) is 0 Å². The van der Waals surface area contributed by atoms with Crippen molar-refractivity contribution in [2.75, 3.05) is 6.61 Å². The first kappa shape index (κ1) is 33.8. The van der Waals surface area contributed by atoms with Crippen LogP contribution in [-0.4, -0.2) is 55.5 Å². The zero-order chi connectivity index (χ0) is 27.1. The molecule has 3 atom stereocenters. The summed E-state index contributed by atoms with van der Waals surface area (Å²) in [6.45, 7) is 12.8. The Labute approximate surface area is 215 Å². The van der Waals surface area contributed by atoms with Crippen LogP contribution in [0.1, 0.15) is 113 Å². The molecule has 0 bridgehead atoms. The number of aliphatic hydroxyl groups excluding tert-OH is 3. The zero-order valence-corrected chi connectivity index (χ0v) is 23.5. The summed E-state index contributed by atoms with van der Waals surface area (Å²) in [4.78, 5) is 0. The summed E-state index contributed by atoms with van der Waals surface area (Å²) in [5.41, 5.74) is 2.76. The fourth-order valence-electron chi connectivity index (χ4n) is 3.66. The lowest BCUT2D eigenvalue weighted by Crippen LogP contribution is -2.42. The second-order valence-electron chi connectivity index (χ2n) is 11.1. The smallest absolute Gasteiger partial charge is 0.111 e. The van der Waals surface area contributed by atoms with Gasteiger partial charge in [0.05, 0.1) is 24.4 Å². The van der Waals surface area contributed by atoms with Gasteiger partial charge in [-0.1, -0.05) is 46.6 Å². The molecule has 5 heteroatoms. The van der Waals surface area contributed by atoms with Crippen LogP contribution in [0, 0.1) is 0 Å². The maximum absolute atomic E-state index is 9.97. The van der Waals surface area contributed by atoms with Crippen molar-refractivity contribution >= 4 is 0 Å². The lowest BCUT2D eigenvalue weighted by atomic mass is 9.94. The van der Waals surface area contributed by atoms with E-state index in [0.29, 0.717) is 19.3 Å². The molecule has 204 valence electrons. The van der Waals surface area contributed by atoms with Gasteiger partial charge in [-0.15, -0.1) is 0 Å². The maximum atomic E-state index is 9.97. The predicted octanol–water partition coefficient (Wildman–Crippen LogP) is 5.91. The molecule has 0 aliphatic rings. The van der Waals surface area contributed by atoms with Crippen LogP contribution in [-0.2, 0) is 0 Å². The van der Waals surface area contributed by atoms with Gasteiger partial charge in [-0.25, -0.2) is 0 Å². The summed E-state index contributed by atoms with van der Waals surface area (Å²) < 4.78 is 0. The summed E-state index contributed by atoms with van der Waals surface area (Å²) in [5.74, 6) is 0. The van der Waals surface area contributed by atoms with Crippen LogP contribution in [0.25, 0.3) is 0 Å². The molecule has 0 saturated carbocycles. The maximum Gasteiger partial charge on any atom is 0.111 e.